The van der Waals surface area contributed by atoms with Crippen molar-refractivity contribution < 1.29 is 72.5 Å². The summed E-state index contributed by atoms with van der Waals surface area (Å²) in [5.74, 6) is -2.25. The predicted molar refractivity (Wildman–Crippen MR) is 142 cm³/mol. The van der Waals surface area contributed by atoms with E-state index in [-0.39, 0.29) is 66.6 Å². The van der Waals surface area contributed by atoms with E-state index in [9.17, 15) is 28.8 Å². The van der Waals surface area contributed by atoms with Crippen molar-refractivity contribution in [3.05, 3.63) is 0 Å². The van der Waals surface area contributed by atoms with E-state index in [0.29, 0.717) is 0 Å². The Balaban J connectivity index is -0.0000000562. The number of hydrogen-bond donors (Lipinski definition) is 3. The van der Waals surface area contributed by atoms with E-state index in [4.69, 9.17) is 20.1 Å². The maximum absolute atomic E-state index is 10.6. The summed E-state index contributed by atoms with van der Waals surface area (Å²) in [7, 11) is 4.05. The fourth-order valence-corrected chi connectivity index (χ4v) is 0.829. The van der Waals surface area contributed by atoms with Crippen LogP contribution >= 0.6 is 0 Å². The van der Waals surface area contributed by atoms with Crippen molar-refractivity contribution in [2.45, 2.75) is 76.0 Å². The fraction of sp³-hybridized carbons (Fsp3) is 0.750. The number of esters is 6. The van der Waals surface area contributed by atoms with Gasteiger partial charge in [-0.05, 0) is 0 Å². The van der Waals surface area contributed by atoms with E-state index in [1.54, 1.807) is 0 Å². The first-order valence-electron chi connectivity index (χ1n) is 10.0. The second-order valence-electron chi connectivity index (χ2n) is 5.94. The van der Waals surface area contributed by atoms with E-state index in [0.717, 1.165) is 0 Å². The van der Waals surface area contributed by atoms with Crippen LogP contribution < -0.4 is 0 Å². The summed E-state index contributed by atoms with van der Waals surface area (Å²) in [6.45, 7) is 6.79. The molecule has 0 spiro atoms. The molecule has 0 fully saturated rings. The van der Waals surface area contributed by atoms with Crippen LogP contribution in [0.2, 0.25) is 0 Å². The molecule has 0 aromatic heterocycles. The molecular weight excluding hydrogens is 528 g/mol. The van der Waals surface area contributed by atoms with Gasteiger partial charge in [0, 0.05) is 41.5 Å². The Morgan fingerprint density at radius 1 is 0.538 bits per heavy atom. The molecule has 0 rings (SSSR count). The number of rotatable bonds is 7. The molecule has 0 saturated heterocycles. The summed E-state index contributed by atoms with van der Waals surface area (Å²) in [6.07, 6.45) is -1.71. The summed E-state index contributed by atoms with van der Waals surface area (Å²) in [5.41, 5.74) is 0. The normalized spacial score (nSPS) is 7.85. The van der Waals surface area contributed by atoms with Crippen LogP contribution in [-0.4, -0.2) is 111 Å². The first-order valence-corrected chi connectivity index (χ1v) is 10.0. The third-order valence-corrected chi connectivity index (χ3v) is 2.56. The van der Waals surface area contributed by atoms with Gasteiger partial charge >= 0.3 is 35.8 Å². The van der Waals surface area contributed by atoms with Crippen molar-refractivity contribution in [2.75, 3.05) is 47.8 Å². The quantitative estimate of drug-likeness (QED) is 0.280. The minimum absolute atomic E-state index is 0. The van der Waals surface area contributed by atoms with Gasteiger partial charge in [-0.15, -0.1) is 0 Å². The first kappa shape index (κ1) is 56.0. The molecule has 3 N–H and O–H groups in total. The van der Waals surface area contributed by atoms with Gasteiger partial charge in [0.25, 0.3) is 0 Å². The van der Waals surface area contributed by atoms with Crippen molar-refractivity contribution >= 4 is 35.8 Å². The zero-order valence-electron chi connectivity index (χ0n) is 22.2. The molecule has 0 aliphatic carbocycles. The molecule has 0 unspecified atom stereocenters. The van der Waals surface area contributed by atoms with E-state index < -0.39 is 30.1 Å². The Kier molecular flexibility index (Phi) is 60.1. The predicted octanol–water partition coefficient (Wildman–Crippen LogP) is 0.822. The molecule has 39 heavy (non-hydrogen) atoms. The molecule has 0 atom stereocenters. The molecular formula is C24H52O15. The Morgan fingerprint density at radius 3 is 0.872 bits per heavy atom. The zero-order chi connectivity index (χ0) is 29.7. The summed E-state index contributed by atoms with van der Waals surface area (Å²) in [5, 5.41) is 24.0. The summed E-state index contributed by atoms with van der Waals surface area (Å²) in [4.78, 5) is 60.4. The van der Waals surface area contributed by atoms with Gasteiger partial charge in [-0.1, -0.05) is 22.3 Å². The Bertz CT molecular complexity index is 551. The number of aliphatic hydroxyl groups excluding tert-OH is 3. The van der Waals surface area contributed by atoms with E-state index >= 15 is 0 Å². The summed E-state index contributed by atoms with van der Waals surface area (Å²) in [6, 6.07) is 0. The van der Waals surface area contributed by atoms with Gasteiger partial charge in [-0.3, -0.25) is 28.8 Å². The second-order valence-corrected chi connectivity index (χ2v) is 5.94. The second kappa shape index (κ2) is 41.8. The van der Waals surface area contributed by atoms with Crippen LogP contribution in [0.25, 0.3) is 0 Å². The number of carbonyl (C=O) groups is 6. The van der Waals surface area contributed by atoms with Crippen molar-refractivity contribution in [1.29, 1.82) is 0 Å². The Morgan fingerprint density at radius 2 is 0.769 bits per heavy atom. The topological polar surface area (TPSA) is 218 Å². The van der Waals surface area contributed by atoms with Gasteiger partial charge in [0.1, 0.15) is 19.3 Å². The molecule has 0 radical (unpaired) electrons. The van der Waals surface area contributed by atoms with Gasteiger partial charge < -0.3 is 43.7 Å². The number of methoxy groups -OCH3 is 3. The lowest BCUT2D eigenvalue weighted by Gasteiger charge is -2.15. The minimum Gasteiger partial charge on any atom is -0.469 e. The zero-order valence-corrected chi connectivity index (χ0v) is 22.2. The largest absolute Gasteiger partial charge is 0.469 e. The van der Waals surface area contributed by atoms with Gasteiger partial charge in [0.15, 0.2) is 6.10 Å². The molecule has 15 heteroatoms. The van der Waals surface area contributed by atoms with Crippen LogP contribution in [0.1, 0.15) is 63.8 Å². The molecule has 0 amide bonds. The molecule has 0 heterocycles. The third kappa shape index (κ3) is 86.6. The number of ether oxygens (including phenoxy) is 6. The minimum atomic E-state index is -0.954. The maximum atomic E-state index is 10.6. The average molecular weight is 581 g/mol. The van der Waals surface area contributed by atoms with Crippen LogP contribution in [0.15, 0.2) is 0 Å². The van der Waals surface area contributed by atoms with Crippen LogP contribution in [0.4, 0.5) is 0 Å². The van der Waals surface area contributed by atoms with Gasteiger partial charge in [0.05, 0.1) is 34.5 Å². The molecule has 0 aromatic rings. The van der Waals surface area contributed by atoms with Crippen molar-refractivity contribution in [3.8, 4) is 0 Å². The standard InChI is InChI=1S/C9H14O6.C3H8O3.3C3H6O2.3CH4/c1-6(10)13-4-9(15-8(3)12)5-14-7(2)11;4-1-3(6)2-5;3*1-3(4)5-2;;;/h9H,4-5H2,1-3H3;3-6H,1-2H2;3*1-2H3;3*1H4. The number of carbonyl (C=O) groups excluding carboxylic acids is 6. The van der Waals surface area contributed by atoms with Gasteiger partial charge in [-0.2, -0.15) is 0 Å². The highest BCUT2D eigenvalue weighted by molar-refractivity contribution is 5.68. The van der Waals surface area contributed by atoms with E-state index in [1.165, 1.54) is 62.9 Å². The molecule has 0 aromatic carbocycles. The van der Waals surface area contributed by atoms with Crippen LogP contribution in [0.3, 0.4) is 0 Å². The van der Waals surface area contributed by atoms with Gasteiger partial charge in [0.2, 0.25) is 0 Å². The van der Waals surface area contributed by atoms with Crippen molar-refractivity contribution in [1.82, 2.24) is 0 Å². The highest BCUT2D eigenvalue weighted by atomic mass is 16.6. The Hall–Kier alpha value is -3.30. The summed E-state index contributed by atoms with van der Waals surface area (Å²) < 4.78 is 26.4. The molecule has 0 saturated carbocycles. The average Bonchev–Trinajstić information content (AvgIpc) is 2.81. The van der Waals surface area contributed by atoms with E-state index in [1.807, 2.05) is 0 Å². The van der Waals surface area contributed by atoms with Crippen LogP contribution in [-0.2, 0) is 57.2 Å². The van der Waals surface area contributed by atoms with Crippen molar-refractivity contribution in [2.24, 2.45) is 0 Å². The number of aliphatic hydroxyl groups is 3. The number of hydrogen-bond acceptors (Lipinski definition) is 15. The lowest BCUT2D eigenvalue weighted by molar-refractivity contribution is -0.163. The maximum Gasteiger partial charge on any atom is 0.303 e. The molecule has 0 bridgehead atoms. The fourth-order valence-electron chi connectivity index (χ4n) is 0.829. The van der Waals surface area contributed by atoms with Crippen LogP contribution in [0.5, 0.6) is 0 Å². The lowest BCUT2D eigenvalue weighted by atomic mass is 10.4. The molecule has 0 aliphatic rings. The SMILES string of the molecule is C.C.C.CC(=O)OCC(COC(C)=O)OC(C)=O.COC(C)=O.COC(C)=O.COC(C)=O.OCC(O)CO. The highest BCUT2D eigenvalue weighted by Crippen LogP contribution is 1.97. The molecule has 15 nitrogen and oxygen atoms in total. The van der Waals surface area contributed by atoms with E-state index in [2.05, 4.69) is 23.7 Å². The van der Waals surface area contributed by atoms with Gasteiger partial charge in [-0.25, -0.2) is 0 Å². The molecule has 0 aliphatic heterocycles. The highest BCUT2D eigenvalue weighted by Gasteiger charge is 2.15. The smallest absolute Gasteiger partial charge is 0.303 e. The molecule has 238 valence electrons. The summed E-state index contributed by atoms with van der Waals surface area (Å²) >= 11 is 0. The van der Waals surface area contributed by atoms with Crippen molar-refractivity contribution in [3.63, 3.8) is 0 Å². The monoisotopic (exact) mass is 580 g/mol. The third-order valence-electron chi connectivity index (χ3n) is 2.56. The first-order chi connectivity index (χ1) is 16.5. The lowest BCUT2D eigenvalue weighted by Crippen LogP contribution is -2.29. The Labute approximate surface area is 232 Å². The van der Waals surface area contributed by atoms with Crippen LogP contribution in [0, 0.1) is 0 Å².